The largest absolute Gasteiger partial charge is 0.490 e. The number of aryl methyl sites for hydroxylation is 1. The van der Waals surface area contributed by atoms with Gasteiger partial charge in [0.1, 0.15) is 0 Å². The summed E-state index contributed by atoms with van der Waals surface area (Å²) in [7, 11) is 0. The molecule has 2 aliphatic rings. The summed E-state index contributed by atoms with van der Waals surface area (Å²) in [6, 6.07) is 3.75. The summed E-state index contributed by atoms with van der Waals surface area (Å²) in [6.07, 6.45) is 3.63. The van der Waals surface area contributed by atoms with E-state index in [0.29, 0.717) is 43.4 Å². The molecular formula is C21H32N2O4. The smallest absolute Gasteiger partial charge is 0.255 e. The van der Waals surface area contributed by atoms with E-state index in [1.54, 1.807) is 0 Å². The summed E-state index contributed by atoms with van der Waals surface area (Å²) in [5.41, 5.74) is 1.48. The number of unbranched alkanes of at least 4 members (excludes halogenated alkanes) is 1. The number of piperidine rings is 1. The zero-order valence-electron chi connectivity index (χ0n) is 16.5. The molecule has 1 aromatic carbocycles. The number of nitrogens with one attached hydrogen (secondary N) is 1. The third-order valence-electron chi connectivity index (χ3n) is 5.39. The first-order valence-corrected chi connectivity index (χ1v) is 10.2. The minimum absolute atomic E-state index is 0.0902. The number of hydrogen-bond donors (Lipinski definition) is 2. The van der Waals surface area contributed by atoms with Gasteiger partial charge in [-0.3, -0.25) is 4.79 Å². The third kappa shape index (κ3) is 5.14. The highest BCUT2D eigenvalue weighted by atomic mass is 16.5. The van der Waals surface area contributed by atoms with Crippen LogP contribution in [0.3, 0.4) is 0 Å². The minimum atomic E-state index is -0.398. The number of rotatable bonds is 6. The van der Waals surface area contributed by atoms with Gasteiger partial charge >= 0.3 is 0 Å². The third-order valence-corrected chi connectivity index (χ3v) is 5.39. The molecule has 2 aliphatic heterocycles. The van der Waals surface area contributed by atoms with Gasteiger partial charge in [-0.25, -0.2) is 0 Å². The highest BCUT2D eigenvalue weighted by Gasteiger charge is 2.28. The highest BCUT2D eigenvalue weighted by molar-refractivity contribution is 5.98. The van der Waals surface area contributed by atoms with Crippen molar-refractivity contribution >= 4 is 5.91 Å². The fourth-order valence-corrected chi connectivity index (χ4v) is 3.77. The van der Waals surface area contributed by atoms with E-state index in [9.17, 15) is 9.90 Å². The lowest BCUT2D eigenvalue weighted by Crippen LogP contribution is -2.47. The fraction of sp³-hybridized carbons (Fsp3) is 0.667. The summed E-state index contributed by atoms with van der Waals surface area (Å²) in [5, 5.41) is 13.5. The van der Waals surface area contributed by atoms with Gasteiger partial charge in [0.05, 0.1) is 24.9 Å². The van der Waals surface area contributed by atoms with E-state index in [-0.39, 0.29) is 11.8 Å². The number of nitrogens with zero attached hydrogens (tertiary/aromatic N) is 1. The topological polar surface area (TPSA) is 71.0 Å². The van der Waals surface area contributed by atoms with Gasteiger partial charge in [0.15, 0.2) is 11.5 Å². The maximum Gasteiger partial charge on any atom is 0.255 e. The molecule has 0 saturated carbocycles. The van der Waals surface area contributed by atoms with Gasteiger partial charge in [-0.1, -0.05) is 13.3 Å². The van der Waals surface area contributed by atoms with Crippen molar-refractivity contribution in [2.75, 3.05) is 39.4 Å². The van der Waals surface area contributed by atoms with Gasteiger partial charge in [-0.05, 0) is 50.6 Å². The van der Waals surface area contributed by atoms with Crippen molar-refractivity contribution in [3.05, 3.63) is 23.3 Å². The van der Waals surface area contributed by atoms with E-state index in [2.05, 4.69) is 17.1 Å². The molecule has 1 aromatic rings. The quantitative estimate of drug-likeness (QED) is 0.798. The van der Waals surface area contributed by atoms with E-state index in [1.165, 1.54) is 6.42 Å². The Balaban J connectivity index is 1.59. The second kappa shape index (κ2) is 9.42. The van der Waals surface area contributed by atoms with Gasteiger partial charge < -0.3 is 24.8 Å². The molecule has 1 saturated heterocycles. The number of carbonyl (C=O) groups is 1. The van der Waals surface area contributed by atoms with Crippen molar-refractivity contribution in [1.82, 2.24) is 10.2 Å². The summed E-state index contributed by atoms with van der Waals surface area (Å²) >= 11 is 0. The Morgan fingerprint density at radius 2 is 2.15 bits per heavy atom. The first-order valence-electron chi connectivity index (χ1n) is 10.2. The molecule has 150 valence electrons. The number of hydrogen-bond acceptors (Lipinski definition) is 5. The first-order chi connectivity index (χ1) is 13.1. The monoisotopic (exact) mass is 376 g/mol. The number of ether oxygens (including phenoxy) is 2. The Bertz CT molecular complexity index is 649. The molecule has 2 N–H and O–H groups in total. The number of aliphatic hydroxyl groups is 1. The van der Waals surface area contributed by atoms with Crippen LogP contribution in [-0.2, 0) is 0 Å². The van der Waals surface area contributed by atoms with E-state index < -0.39 is 6.10 Å². The Morgan fingerprint density at radius 1 is 1.33 bits per heavy atom. The van der Waals surface area contributed by atoms with Gasteiger partial charge in [-0.2, -0.15) is 0 Å². The zero-order chi connectivity index (χ0) is 19.2. The normalized spacial score (nSPS) is 22.9. The van der Waals surface area contributed by atoms with Crippen LogP contribution >= 0.6 is 0 Å². The molecule has 0 aliphatic carbocycles. The van der Waals surface area contributed by atoms with Gasteiger partial charge in [0.2, 0.25) is 0 Å². The summed E-state index contributed by atoms with van der Waals surface area (Å²) in [5.74, 6) is 1.10. The van der Waals surface area contributed by atoms with Crippen molar-refractivity contribution in [2.24, 2.45) is 5.92 Å². The zero-order valence-corrected chi connectivity index (χ0v) is 16.5. The van der Waals surface area contributed by atoms with Crippen molar-refractivity contribution in [3.63, 3.8) is 0 Å². The van der Waals surface area contributed by atoms with Crippen LogP contribution in [0.25, 0.3) is 0 Å². The van der Waals surface area contributed by atoms with Crippen molar-refractivity contribution in [1.29, 1.82) is 0 Å². The molecule has 2 atom stereocenters. The van der Waals surface area contributed by atoms with Crippen LogP contribution in [0.1, 0.15) is 48.5 Å². The first kappa shape index (κ1) is 20.0. The van der Waals surface area contributed by atoms with Crippen LogP contribution in [0.2, 0.25) is 0 Å². The van der Waals surface area contributed by atoms with Crippen LogP contribution in [0, 0.1) is 12.8 Å². The van der Waals surface area contributed by atoms with Crippen LogP contribution in [0.15, 0.2) is 12.1 Å². The Hall–Kier alpha value is -1.79. The Kier molecular flexibility index (Phi) is 6.96. The molecule has 0 unspecified atom stereocenters. The van der Waals surface area contributed by atoms with Gasteiger partial charge in [0.25, 0.3) is 5.91 Å². The molecular weight excluding hydrogens is 344 g/mol. The van der Waals surface area contributed by atoms with E-state index >= 15 is 0 Å². The lowest BCUT2D eigenvalue weighted by molar-refractivity contribution is 0.0217. The predicted octanol–water partition coefficient (Wildman–Crippen LogP) is 2.37. The lowest BCUT2D eigenvalue weighted by atomic mass is 9.93. The van der Waals surface area contributed by atoms with Crippen LogP contribution in [-0.4, -0.2) is 61.4 Å². The highest BCUT2D eigenvalue weighted by Crippen LogP contribution is 2.34. The Morgan fingerprint density at radius 3 is 2.93 bits per heavy atom. The number of fused-ring (bicyclic) bond motifs is 1. The van der Waals surface area contributed by atoms with E-state index in [4.69, 9.17) is 9.47 Å². The molecule has 27 heavy (non-hydrogen) atoms. The maximum absolute atomic E-state index is 12.8. The number of β-amino-alcohol motifs (C(OH)–C–C–N with tert-alkyl or cyclic N) is 1. The summed E-state index contributed by atoms with van der Waals surface area (Å²) < 4.78 is 11.5. The molecule has 1 fully saturated rings. The number of aliphatic hydroxyl groups excluding tert-OH is 1. The molecule has 0 bridgehead atoms. The van der Waals surface area contributed by atoms with Crippen molar-refractivity contribution in [2.45, 2.75) is 45.6 Å². The number of amides is 1. The summed E-state index contributed by atoms with van der Waals surface area (Å²) in [4.78, 5) is 15.1. The van der Waals surface area contributed by atoms with E-state index in [1.807, 2.05) is 19.1 Å². The van der Waals surface area contributed by atoms with Crippen LogP contribution in [0.4, 0.5) is 0 Å². The van der Waals surface area contributed by atoms with Gasteiger partial charge in [-0.15, -0.1) is 0 Å². The maximum atomic E-state index is 12.8. The van der Waals surface area contributed by atoms with Crippen molar-refractivity contribution in [3.8, 4) is 11.5 Å². The fourth-order valence-electron chi connectivity index (χ4n) is 3.77. The molecule has 3 rings (SSSR count). The molecule has 0 radical (unpaired) electrons. The van der Waals surface area contributed by atoms with Gasteiger partial charge in [0, 0.05) is 25.4 Å². The number of benzene rings is 1. The number of carbonyl (C=O) groups excluding carboxylic acids is 1. The molecule has 0 aromatic heterocycles. The standard InChI is InChI=1S/C21H32N2O4/c1-3-4-7-23-8-6-16(18(24)14-23)13-22-21(25)17-11-15(2)12-19-20(17)27-10-5-9-26-19/h11-12,16,18,24H,3-10,13-14H2,1-2H3,(H,22,25)/t16-,18+/m0/s1. The second-order valence-corrected chi connectivity index (χ2v) is 7.67. The summed E-state index contributed by atoms with van der Waals surface area (Å²) in [6.45, 7) is 8.46. The molecule has 1 amide bonds. The SMILES string of the molecule is CCCCN1CC[C@@H](CNC(=O)c2cc(C)cc3c2OCCCO3)[C@H](O)C1. The molecule has 2 heterocycles. The van der Waals surface area contributed by atoms with E-state index in [0.717, 1.165) is 37.9 Å². The van der Waals surface area contributed by atoms with Crippen LogP contribution in [0.5, 0.6) is 11.5 Å². The predicted molar refractivity (Wildman–Crippen MR) is 105 cm³/mol. The second-order valence-electron chi connectivity index (χ2n) is 7.67. The molecule has 6 heteroatoms. The Labute approximate surface area is 161 Å². The number of likely N-dealkylation sites (tertiary alicyclic amines) is 1. The van der Waals surface area contributed by atoms with Crippen molar-refractivity contribution < 1.29 is 19.4 Å². The average molecular weight is 376 g/mol. The lowest BCUT2D eigenvalue weighted by Gasteiger charge is -2.36. The molecule has 6 nitrogen and oxygen atoms in total. The minimum Gasteiger partial charge on any atom is -0.490 e. The van der Waals surface area contributed by atoms with Crippen LogP contribution < -0.4 is 14.8 Å². The molecule has 0 spiro atoms. The average Bonchev–Trinajstić information content (AvgIpc) is 2.90.